The van der Waals surface area contributed by atoms with Gasteiger partial charge in [0.05, 0.1) is 5.75 Å². The summed E-state index contributed by atoms with van der Waals surface area (Å²) in [5.41, 5.74) is 8.27. The van der Waals surface area contributed by atoms with Crippen LogP contribution in [0.2, 0.25) is 0 Å². The van der Waals surface area contributed by atoms with Gasteiger partial charge in [0.1, 0.15) is 5.25 Å². The second-order valence-electron chi connectivity index (χ2n) is 5.83. The van der Waals surface area contributed by atoms with Gasteiger partial charge in [-0.15, -0.1) is 0 Å². The number of fused-ring (bicyclic) bond motifs is 1. The molecule has 0 radical (unpaired) electrons. The lowest BCUT2D eigenvalue weighted by Gasteiger charge is -2.33. The molecule has 3 rings (SSSR count). The Bertz CT molecular complexity index is 669. The quantitative estimate of drug-likeness (QED) is 0.798. The summed E-state index contributed by atoms with van der Waals surface area (Å²) in [5, 5.41) is -0.876. The molecule has 0 aliphatic carbocycles. The Morgan fingerprint density at radius 2 is 2.05 bits per heavy atom. The Morgan fingerprint density at radius 3 is 2.81 bits per heavy atom. The molecule has 1 unspecified atom stereocenters. The van der Waals surface area contributed by atoms with Gasteiger partial charge in [0.15, 0.2) is 9.84 Å². The predicted molar refractivity (Wildman–Crippen MR) is 83.0 cm³/mol. The number of hydrogen-bond donors (Lipinski definition) is 1. The maximum absolute atomic E-state index is 12.7. The Hall–Kier alpha value is -1.56. The largest absolute Gasteiger partial charge is 0.399 e. The van der Waals surface area contributed by atoms with Gasteiger partial charge < -0.3 is 10.6 Å². The van der Waals surface area contributed by atoms with E-state index in [2.05, 4.69) is 0 Å². The molecule has 1 fully saturated rings. The van der Waals surface area contributed by atoms with E-state index in [1.807, 2.05) is 12.1 Å². The molecule has 2 heterocycles. The van der Waals surface area contributed by atoms with Crippen LogP contribution in [0.1, 0.15) is 31.2 Å². The van der Waals surface area contributed by atoms with E-state index in [0.717, 1.165) is 30.5 Å². The summed E-state index contributed by atoms with van der Waals surface area (Å²) in [4.78, 5) is 14.4. The number of nitrogens with two attached hydrogens (primary N) is 1. The fourth-order valence-electron chi connectivity index (χ4n) is 3.23. The SMILES string of the molecule is Nc1ccc2c(c1)N(C(=O)C1CCCCS1(=O)=O)CCC2. The molecule has 2 N–H and O–H groups in total. The average molecular weight is 308 g/mol. The summed E-state index contributed by atoms with van der Waals surface area (Å²) in [5.74, 6) is -0.151. The third kappa shape index (κ3) is 2.64. The van der Waals surface area contributed by atoms with Crippen molar-refractivity contribution in [3.63, 3.8) is 0 Å². The summed E-state index contributed by atoms with van der Waals surface area (Å²) in [7, 11) is -3.31. The zero-order valence-corrected chi connectivity index (χ0v) is 12.7. The van der Waals surface area contributed by atoms with Crippen LogP contribution in [0.3, 0.4) is 0 Å². The van der Waals surface area contributed by atoms with Gasteiger partial charge >= 0.3 is 0 Å². The van der Waals surface area contributed by atoms with Crippen LogP contribution in [0, 0.1) is 0 Å². The molecular weight excluding hydrogens is 288 g/mol. The van der Waals surface area contributed by atoms with Crippen LogP contribution in [0.5, 0.6) is 0 Å². The highest BCUT2D eigenvalue weighted by Gasteiger charge is 2.38. The Balaban J connectivity index is 1.95. The van der Waals surface area contributed by atoms with Crippen molar-refractivity contribution in [2.24, 2.45) is 0 Å². The molecule has 0 saturated carbocycles. The summed E-state index contributed by atoms with van der Waals surface area (Å²) in [6, 6.07) is 5.53. The maximum Gasteiger partial charge on any atom is 0.245 e. The minimum atomic E-state index is -3.31. The van der Waals surface area contributed by atoms with Crippen LogP contribution in [-0.2, 0) is 21.1 Å². The first-order valence-electron chi connectivity index (χ1n) is 7.40. The van der Waals surface area contributed by atoms with Crippen LogP contribution in [0.4, 0.5) is 11.4 Å². The molecule has 1 atom stereocenters. The van der Waals surface area contributed by atoms with Gasteiger partial charge in [0, 0.05) is 17.9 Å². The third-order valence-electron chi connectivity index (χ3n) is 4.35. The molecule has 114 valence electrons. The molecule has 2 aliphatic rings. The number of hydrogen-bond acceptors (Lipinski definition) is 4. The number of benzene rings is 1. The van der Waals surface area contributed by atoms with Gasteiger partial charge in [-0.3, -0.25) is 4.79 Å². The fourth-order valence-corrected chi connectivity index (χ4v) is 5.08. The standard InChI is InChI=1S/C15H20N2O3S/c16-12-7-6-11-4-3-8-17(13(11)10-12)15(18)14-5-1-2-9-21(14,19)20/h6-7,10,14H,1-5,8-9,16H2. The zero-order chi connectivity index (χ0) is 15.0. The molecule has 1 saturated heterocycles. The van der Waals surface area contributed by atoms with Gasteiger partial charge in [-0.2, -0.15) is 0 Å². The zero-order valence-electron chi connectivity index (χ0n) is 11.9. The minimum absolute atomic E-state index is 0.126. The molecule has 0 bridgehead atoms. The van der Waals surface area contributed by atoms with E-state index < -0.39 is 15.1 Å². The monoisotopic (exact) mass is 308 g/mol. The van der Waals surface area contributed by atoms with E-state index in [0.29, 0.717) is 25.1 Å². The molecule has 0 aromatic heterocycles. The van der Waals surface area contributed by atoms with E-state index >= 15 is 0 Å². The third-order valence-corrected chi connectivity index (χ3v) is 6.51. The van der Waals surface area contributed by atoms with Crippen molar-refractivity contribution in [1.29, 1.82) is 0 Å². The average Bonchev–Trinajstić information content (AvgIpc) is 2.45. The Morgan fingerprint density at radius 1 is 1.24 bits per heavy atom. The number of nitrogen functional groups attached to an aromatic ring is 1. The van der Waals surface area contributed by atoms with Crippen LogP contribution < -0.4 is 10.6 Å². The number of amides is 1. The smallest absolute Gasteiger partial charge is 0.245 e. The summed E-state index contributed by atoms with van der Waals surface area (Å²) >= 11 is 0. The van der Waals surface area contributed by atoms with Gasteiger partial charge in [0.25, 0.3) is 0 Å². The van der Waals surface area contributed by atoms with Crippen molar-refractivity contribution in [2.45, 2.75) is 37.4 Å². The highest BCUT2D eigenvalue weighted by Crippen LogP contribution is 2.31. The van der Waals surface area contributed by atoms with Gasteiger partial charge in [-0.1, -0.05) is 12.5 Å². The number of aryl methyl sites for hydroxylation is 1. The highest BCUT2D eigenvalue weighted by atomic mass is 32.2. The van der Waals surface area contributed by atoms with Crippen LogP contribution in [0.25, 0.3) is 0 Å². The lowest BCUT2D eigenvalue weighted by Crippen LogP contribution is -2.47. The van der Waals surface area contributed by atoms with Crippen molar-refractivity contribution < 1.29 is 13.2 Å². The van der Waals surface area contributed by atoms with Gasteiger partial charge in [-0.25, -0.2) is 8.42 Å². The molecule has 1 aromatic carbocycles. The Labute approximate surface area is 125 Å². The van der Waals surface area contributed by atoms with Gasteiger partial charge in [0.2, 0.25) is 5.91 Å². The summed E-state index contributed by atoms with van der Waals surface area (Å²) < 4.78 is 24.3. The van der Waals surface area contributed by atoms with Crippen molar-refractivity contribution in [3.05, 3.63) is 23.8 Å². The number of nitrogens with zero attached hydrogens (tertiary/aromatic N) is 1. The van der Waals surface area contributed by atoms with Crippen molar-refractivity contribution in [3.8, 4) is 0 Å². The Kier molecular flexibility index (Phi) is 3.65. The van der Waals surface area contributed by atoms with Crippen LogP contribution >= 0.6 is 0 Å². The van der Waals surface area contributed by atoms with Gasteiger partial charge in [-0.05, 0) is 43.4 Å². The number of carbonyl (C=O) groups excluding carboxylic acids is 1. The molecule has 1 aromatic rings. The fraction of sp³-hybridized carbons (Fsp3) is 0.533. The number of carbonyl (C=O) groups is 1. The molecule has 0 spiro atoms. The number of rotatable bonds is 1. The van der Waals surface area contributed by atoms with E-state index in [4.69, 9.17) is 5.73 Å². The molecule has 6 heteroatoms. The molecular formula is C15H20N2O3S. The first kappa shape index (κ1) is 14.4. The van der Waals surface area contributed by atoms with Crippen molar-refractivity contribution in [2.75, 3.05) is 22.9 Å². The lowest BCUT2D eigenvalue weighted by atomic mass is 10.0. The first-order chi connectivity index (χ1) is 9.99. The van der Waals surface area contributed by atoms with E-state index in [9.17, 15) is 13.2 Å². The normalized spacial score (nSPS) is 24.4. The minimum Gasteiger partial charge on any atom is -0.399 e. The molecule has 5 nitrogen and oxygen atoms in total. The number of anilines is 2. The molecule has 1 amide bonds. The van der Waals surface area contributed by atoms with Crippen LogP contribution in [0.15, 0.2) is 18.2 Å². The lowest BCUT2D eigenvalue weighted by molar-refractivity contribution is -0.118. The van der Waals surface area contributed by atoms with E-state index in [1.54, 1.807) is 11.0 Å². The molecule has 2 aliphatic heterocycles. The van der Waals surface area contributed by atoms with Crippen molar-refractivity contribution in [1.82, 2.24) is 0 Å². The second-order valence-corrected chi connectivity index (χ2v) is 8.14. The second kappa shape index (κ2) is 5.33. The summed E-state index contributed by atoms with van der Waals surface area (Å²) in [6.07, 6.45) is 3.66. The molecule has 21 heavy (non-hydrogen) atoms. The van der Waals surface area contributed by atoms with E-state index in [-0.39, 0.29) is 11.7 Å². The summed E-state index contributed by atoms with van der Waals surface area (Å²) in [6.45, 7) is 0.571. The maximum atomic E-state index is 12.7. The predicted octanol–water partition coefficient (Wildman–Crippen LogP) is 1.52. The van der Waals surface area contributed by atoms with E-state index in [1.165, 1.54) is 0 Å². The van der Waals surface area contributed by atoms with Crippen LogP contribution in [-0.4, -0.2) is 31.9 Å². The van der Waals surface area contributed by atoms with Crippen molar-refractivity contribution >= 4 is 27.1 Å². The topological polar surface area (TPSA) is 80.5 Å². The number of sulfone groups is 1. The highest BCUT2D eigenvalue weighted by molar-refractivity contribution is 7.92. The first-order valence-corrected chi connectivity index (χ1v) is 9.12.